The van der Waals surface area contributed by atoms with Gasteiger partial charge in [0.25, 0.3) is 0 Å². The zero-order chi connectivity index (χ0) is 16.8. The van der Waals surface area contributed by atoms with E-state index in [4.69, 9.17) is 4.74 Å². The largest absolute Gasteiger partial charge is 0.373 e. The maximum Gasteiger partial charge on any atom is 0.234 e. The zero-order valence-corrected chi connectivity index (χ0v) is 14.7. The van der Waals surface area contributed by atoms with E-state index in [2.05, 4.69) is 41.1 Å². The van der Waals surface area contributed by atoms with Crippen molar-refractivity contribution in [3.8, 4) is 0 Å². The van der Waals surface area contributed by atoms with E-state index in [1.807, 2.05) is 32.3 Å². The summed E-state index contributed by atoms with van der Waals surface area (Å²) in [5, 5.41) is 3.08. The molecule has 1 saturated heterocycles. The fourth-order valence-corrected chi connectivity index (χ4v) is 3.16. The maximum atomic E-state index is 12.3. The summed E-state index contributed by atoms with van der Waals surface area (Å²) in [5.41, 5.74) is 1.21. The lowest BCUT2D eigenvalue weighted by atomic mass is 10.1. The summed E-state index contributed by atoms with van der Waals surface area (Å²) in [4.78, 5) is 16.6. The van der Waals surface area contributed by atoms with E-state index in [1.54, 1.807) is 0 Å². The summed E-state index contributed by atoms with van der Waals surface area (Å²) in [6.07, 6.45) is 0.371. The van der Waals surface area contributed by atoms with Crippen LogP contribution in [-0.4, -0.2) is 68.2 Å². The molecule has 1 aromatic rings. The zero-order valence-electron chi connectivity index (χ0n) is 14.7. The average Bonchev–Trinajstić information content (AvgIpc) is 2.47. The third-order valence-electron chi connectivity index (χ3n) is 4.16. The summed E-state index contributed by atoms with van der Waals surface area (Å²) >= 11 is 0. The minimum atomic E-state index is 0.0779. The molecule has 0 aliphatic carbocycles. The number of hydrogen-bond donors (Lipinski definition) is 1. The predicted molar refractivity (Wildman–Crippen MR) is 92.3 cm³/mol. The van der Waals surface area contributed by atoms with Crippen LogP contribution >= 0.6 is 0 Å². The minimum Gasteiger partial charge on any atom is -0.373 e. The van der Waals surface area contributed by atoms with Gasteiger partial charge in [0.1, 0.15) is 0 Å². The van der Waals surface area contributed by atoms with Crippen LogP contribution in [0.4, 0.5) is 0 Å². The molecule has 0 radical (unpaired) electrons. The first-order valence-corrected chi connectivity index (χ1v) is 8.31. The molecule has 3 atom stereocenters. The van der Waals surface area contributed by atoms with Gasteiger partial charge >= 0.3 is 0 Å². The SMILES string of the molecule is C[C@@H]1CN(CC(=O)NCC(c2ccccc2)N(C)C)C[C@H](C)O1. The van der Waals surface area contributed by atoms with Crippen LogP contribution in [0.5, 0.6) is 0 Å². The first-order chi connectivity index (χ1) is 11.0. The fraction of sp³-hybridized carbons (Fsp3) is 0.611. The number of nitrogens with one attached hydrogen (secondary N) is 1. The Labute approximate surface area is 139 Å². The molecule has 1 unspecified atom stereocenters. The number of nitrogens with zero attached hydrogens (tertiary/aromatic N) is 2. The third kappa shape index (κ3) is 5.61. The molecule has 0 aromatic heterocycles. The molecule has 1 aliphatic heterocycles. The van der Waals surface area contributed by atoms with Crippen LogP contribution in [0.1, 0.15) is 25.5 Å². The molecule has 1 amide bonds. The molecule has 0 saturated carbocycles. The van der Waals surface area contributed by atoms with Gasteiger partial charge in [-0.15, -0.1) is 0 Å². The van der Waals surface area contributed by atoms with Crippen molar-refractivity contribution < 1.29 is 9.53 Å². The molecule has 1 fully saturated rings. The van der Waals surface area contributed by atoms with E-state index in [0.29, 0.717) is 13.1 Å². The van der Waals surface area contributed by atoms with Crippen LogP contribution in [0.3, 0.4) is 0 Å². The number of benzene rings is 1. The van der Waals surface area contributed by atoms with Crippen molar-refractivity contribution in [3.63, 3.8) is 0 Å². The summed E-state index contributed by atoms with van der Waals surface area (Å²) in [7, 11) is 4.07. The van der Waals surface area contributed by atoms with Crippen molar-refractivity contribution in [2.45, 2.75) is 32.1 Å². The molecule has 1 N–H and O–H groups in total. The molecule has 5 heteroatoms. The number of likely N-dealkylation sites (N-methyl/N-ethyl adjacent to an activating group) is 1. The lowest BCUT2D eigenvalue weighted by Crippen LogP contribution is -2.49. The van der Waals surface area contributed by atoms with Crippen LogP contribution in [-0.2, 0) is 9.53 Å². The Morgan fingerprint density at radius 2 is 1.87 bits per heavy atom. The number of morpholine rings is 1. The topological polar surface area (TPSA) is 44.8 Å². The van der Waals surface area contributed by atoms with Gasteiger partial charge in [0.05, 0.1) is 24.8 Å². The Morgan fingerprint density at radius 1 is 1.26 bits per heavy atom. The average molecular weight is 319 g/mol. The van der Waals surface area contributed by atoms with Crippen molar-refractivity contribution in [3.05, 3.63) is 35.9 Å². The van der Waals surface area contributed by atoms with E-state index >= 15 is 0 Å². The van der Waals surface area contributed by atoms with Crippen LogP contribution < -0.4 is 5.32 Å². The highest BCUT2D eigenvalue weighted by Crippen LogP contribution is 2.16. The third-order valence-corrected chi connectivity index (χ3v) is 4.16. The Morgan fingerprint density at radius 3 is 2.43 bits per heavy atom. The Hall–Kier alpha value is -1.43. The smallest absolute Gasteiger partial charge is 0.234 e. The van der Waals surface area contributed by atoms with Crippen molar-refractivity contribution in [2.75, 3.05) is 40.3 Å². The number of rotatable bonds is 6. The van der Waals surface area contributed by atoms with E-state index in [1.165, 1.54) is 5.56 Å². The molecule has 23 heavy (non-hydrogen) atoms. The molecule has 2 rings (SSSR count). The van der Waals surface area contributed by atoms with Gasteiger partial charge in [0.15, 0.2) is 0 Å². The van der Waals surface area contributed by atoms with Gasteiger partial charge in [-0.25, -0.2) is 0 Å². The molecule has 0 spiro atoms. The van der Waals surface area contributed by atoms with Gasteiger partial charge in [-0.1, -0.05) is 30.3 Å². The predicted octanol–water partition coefficient (Wildman–Crippen LogP) is 1.51. The molecule has 0 bridgehead atoms. The van der Waals surface area contributed by atoms with Gasteiger partial charge in [-0.3, -0.25) is 9.69 Å². The second-order valence-corrected chi connectivity index (χ2v) is 6.65. The van der Waals surface area contributed by atoms with Crippen molar-refractivity contribution >= 4 is 5.91 Å². The summed E-state index contributed by atoms with van der Waals surface area (Å²) < 4.78 is 5.71. The molecular weight excluding hydrogens is 290 g/mol. The summed E-state index contributed by atoms with van der Waals surface area (Å²) in [5.74, 6) is 0.0779. The monoisotopic (exact) mass is 319 g/mol. The number of carbonyl (C=O) groups is 1. The maximum absolute atomic E-state index is 12.3. The number of carbonyl (C=O) groups excluding carboxylic acids is 1. The molecule has 1 aromatic carbocycles. The second-order valence-electron chi connectivity index (χ2n) is 6.65. The highest BCUT2D eigenvalue weighted by molar-refractivity contribution is 5.78. The van der Waals surface area contributed by atoms with Gasteiger partial charge in [-0.05, 0) is 33.5 Å². The van der Waals surface area contributed by atoms with E-state index < -0.39 is 0 Å². The van der Waals surface area contributed by atoms with Gasteiger partial charge in [0.2, 0.25) is 5.91 Å². The molecule has 1 aliphatic rings. The van der Waals surface area contributed by atoms with Crippen LogP contribution in [0.15, 0.2) is 30.3 Å². The van der Waals surface area contributed by atoms with Crippen molar-refractivity contribution in [1.29, 1.82) is 0 Å². The first-order valence-electron chi connectivity index (χ1n) is 8.31. The van der Waals surface area contributed by atoms with Crippen LogP contribution in [0.2, 0.25) is 0 Å². The van der Waals surface area contributed by atoms with E-state index in [-0.39, 0.29) is 24.2 Å². The first kappa shape index (κ1) is 17.9. The van der Waals surface area contributed by atoms with Gasteiger partial charge in [-0.2, -0.15) is 0 Å². The number of ether oxygens (including phenoxy) is 1. The lowest BCUT2D eigenvalue weighted by Gasteiger charge is -2.35. The van der Waals surface area contributed by atoms with Gasteiger partial charge in [0, 0.05) is 19.6 Å². The normalized spacial score (nSPS) is 23.7. The minimum absolute atomic E-state index is 0.0779. The molecular formula is C18H29N3O2. The Bertz CT molecular complexity index is 482. The van der Waals surface area contributed by atoms with E-state index in [9.17, 15) is 4.79 Å². The van der Waals surface area contributed by atoms with Crippen LogP contribution in [0.25, 0.3) is 0 Å². The lowest BCUT2D eigenvalue weighted by molar-refractivity contribution is -0.126. The van der Waals surface area contributed by atoms with E-state index in [0.717, 1.165) is 13.1 Å². The van der Waals surface area contributed by atoms with Crippen molar-refractivity contribution in [1.82, 2.24) is 15.1 Å². The summed E-state index contributed by atoms with van der Waals surface area (Å²) in [6, 6.07) is 10.5. The summed E-state index contributed by atoms with van der Waals surface area (Å²) in [6.45, 7) is 6.79. The number of amides is 1. The molecule has 128 valence electrons. The highest BCUT2D eigenvalue weighted by atomic mass is 16.5. The molecule has 1 heterocycles. The second kappa shape index (κ2) is 8.43. The van der Waals surface area contributed by atoms with Crippen molar-refractivity contribution in [2.24, 2.45) is 0 Å². The fourth-order valence-electron chi connectivity index (χ4n) is 3.16. The Balaban J connectivity index is 1.85. The number of hydrogen-bond acceptors (Lipinski definition) is 4. The quantitative estimate of drug-likeness (QED) is 0.863. The highest BCUT2D eigenvalue weighted by Gasteiger charge is 2.24. The van der Waals surface area contributed by atoms with Gasteiger partial charge < -0.3 is 15.0 Å². The Kier molecular flexibility index (Phi) is 6.57. The standard InChI is InChI=1S/C18H29N3O2/c1-14-11-21(12-15(2)23-14)13-18(22)19-10-17(20(3)4)16-8-6-5-7-9-16/h5-9,14-15,17H,10-13H2,1-4H3,(H,19,22)/t14-,15+,17?. The molecule has 5 nitrogen and oxygen atoms in total. The van der Waals surface area contributed by atoms with Crippen LogP contribution in [0, 0.1) is 0 Å².